The summed E-state index contributed by atoms with van der Waals surface area (Å²) in [6.45, 7) is 2.96. The van der Waals surface area contributed by atoms with Crippen molar-refractivity contribution in [1.29, 1.82) is 0 Å². The molecular formula is C23H36N4O3S. The van der Waals surface area contributed by atoms with Gasteiger partial charge in [0.25, 0.3) is 0 Å². The monoisotopic (exact) mass is 448 g/mol. The maximum absolute atomic E-state index is 12.8. The number of sulfonamides is 1. The van der Waals surface area contributed by atoms with Crippen LogP contribution in [-0.4, -0.2) is 60.3 Å². The van der Waals surface area contributed by atoms with E-state index in [2.05, 4.69) is 11.5 Å². The molecule has 0 radical (unpaired) electrons. The Morgan fingerprint density at radius 1 is 1.16 bits per heavy atom. The molecule has 1 heterocycles. The number of unbranched alkanes of at least 4 members (excludes halogenated alkanes) is 1. The molecule has 2 aromatic rings. The molecule has 0 atom stereocenters. The molecule has 0 aliphatic heterocycles. The molecule has 0 bridgehead atoms. The van der Waals surface area contributed by atoms with Gasteiger partial charge in [-0.3, -0.25) is 4.79 Å². The van der Waals surface area contributed by atoms with Crippen molar-refractivity contribution < 1.29 is 13.2 Å². The van der Waals surface area contributed by atoms with Crippen molar-refractivity contribution in [3.63, 3.8) is 0 Å². The van der Waals surface area contributed by atoms with E-state index in [4.69, 9.17) is 4.98 Å². The van der Waals surface area contributed by atoms with Crippen LogP contribution in [-0.2, 0) is 27.8 Å². The quantitative estimate of drug-likeness (QED) is 0.585. The molecule has 0 spiro atoms. The van der Waals surface area contributed by atoms with Crippen LogP contribution in [0.4, 0.5) is 0 Å². The number of hydrogen-bond donors (Lipinski definition) is 0. The standard InChI is InChI=1S/C23H36N4O3S/c1-5-6-16-27-21-13-12-19(31(29,30)25(2)3)17-20(21)24-22(27)14-15-23(28)26(4)18-10-8-7-9-11-18/h12-13,17-18H,5-11,14-16H2,1-4H3. The van der Waals surface area contributed by atoms with Gasteiger partial charge in [0.1, 0.15) is 5.82 Å². The van der Waals surface area contributed by atoms with Gasteiger partial charge in [-0.25, -0.2) is 17.7 Å². The van der Waals surface area contributed by atoms with Crippen LogP contribution in [0.3, 0.4) is 0 Å². The fraction of sp³-hybridized carbons (Fsp3) is 0.652. The van der Waals surface area contributed by atoms with Gasteiger partial charge >= 0.3 is 0 Å². The van der Waals surface area contributed by atoms with Gasteiger partial charge in [-0.2, -0.15) is 0 Å². The molecule has 0 saturated heterocycles. The fourth-order valence-electron chi connectivity index (χ4n) is 4.35. The highest BCUT2D eigenvalue weighted by Crippen LogP contribution is 2.25. The van der Waals surface area contributed by atoms with Gasteiger partial charge in [-0.15, -0.1) is 0 Å². The molecule has 172 valence electrons. The molecule has 0 N–H and O–H groups in total. The molecule has 8 heteroatoms. The smallest absolute Gasteiger partial charge is 0.242 e. The van der Waals surface area contributed by atoms with E-state index >= 15 is 0 Å². The summed E-state index contributed by atoms with van der Waals surface area (Å²) >= 11 is 0. The van der Waals surface area contributed by atoms with Crippen LogP contribution in [0, 0.1) is 0 Å². The minimum absolute atomic E-state index is 0.164. The second-order valence-electron chi connectivity index (χ2n) is 8.77. The average molecular weight is 449 g/mol. The summed E-state index contributed by atoms with van der Waals surface area (Å²) in [6.07, 6.45) is 8.91. The van der Waals surface area contributed by atoms with E-state index in [-0.39, 0.29) is 10.8 Å². The van der Waals surface area contributed by atoms with E-state index < -0.39 is 10.0 Å². The number of nitrogens with zero attached hydrogens (tertiary/aromatic N) is 4. The van der Waals surface area contributed by atoms with E-state index in [0.29, 0.717) is 24.4 Å². The fourth-order valence-corrected chi connectivity index (χ4v) is 5.28. The van der Waals surface area contributed by atoms with Gasteiger partial charge in [-0.05, 0) is 37.5 Å². The zero-order valence-corrected chi connectivity index (χ0v) is 20.1. The average Bonchev–Trinajstić information content (AvgIpc) is 3.12. The van der Waals surface area contributed by atoms with Crippen LogP contribution in [0.2, 0.25) is 0 Å². The van der Waals surface area contributed by atoms with Gasteiger partial charge in [0.2, 0.25) is 15.9 Å². The van der Waals surface area contributed by atoms with Crippen molar-refractivity contribution in [1.82, 2.24) is 18.8 Å². The first-order valence-corrected chi connectivity index (χ1v) is 12.9. The number of aryl methyl sites for hydroxylation is 2. The van der Waals surface area contributed by atoms with Crippen molar-refractivity contribution >= 4 is 27.0 Å². The molecule has 1 fully saturated rings. The van der Waals surface area contributed by atoms with Crippen molar-refractivity contribution in [2.24, 2.45) is 0 Å². The van der Waals surface area contributed by atoms with Gasteiger partial charge in [0, 0.05) is 46.6 Å². The van der Waals surface area contributed by atoms with Crippen LogP contribution in [0.15, 0.2) is 23.1 Å². The third-order valence-electron chi connectivity index (χ3n) is 6.39. The molecule has 31 heavy (non-hydrogen) atoms. The number of aromatic nitrogens is 2. The van der Waals surface area contributed by atoms with Gasteiger partial charge in [0.15, 0.2) is 0 Å². The second-order valence-corrected chi connectivity index (χ2v) is 10.9. The normalized spacial score (nSPS) is 15.6. The van der Waals surface area contributed by atoms with Crippen LogP contribution in [0.5, 0.6) is 0 Å². The summed E-state index contributed by atoms with van der Waals surface area (Å²) in [5.41, 5.74) is 1.59. The van der Waals surface area contributed by atoms with E-state index in [1.54, 1.807) is 12.1 Å². The summed E-state index contributed by atoms with van der Waals surface area (Å²) in [4.78, 5) is 19.7. The summed E-state index contributed by atoms with van der Waals surface area (Å²) in [7, 11) is 1.47. The summed E-state index contributed by atoms with van der Waals surface area (Å²) in [5, 5.41) is 0. The van der Waals surface area contributed by atoms with Gasteiger partial charge in [-0.1, -0.05) is 32.6 Å². The number of amides is 1. The van der Waals surface area contributed by atoms with Crippen molar-refractivity contribution in [3.8, 4) is 0 Å². The summed E-state index contributed by atoms with van der Waals surface area (Å²) < 4.78 is 28.4. The maximum Gasteiger partial charge on any atom is 0.242 e. The zero-order chi connectivity index (χ0) is 22.6. The minimum Gasteiger partial charge on any atom is -0.343 e. The predicted molar refractivity (Wildman–Crippen MR) is 123 cm³/mol. The highest BCUT2D eigenvalue weighted by atomic mass is 32.2. The third-order valence-corrected chi connectivity index (χ3v) is 8.20. The Kier molecular flexibility index (Phi) is 7.75. The Labute approximate surface area is 186 Å². The van der Waals surface area contributed by atoms with Crippen LogP contribution in [0.25, 0.3) is 11.0 Å². The lowest BCUT2D eigenvalue weighted by Gasteiger charge is -2.31. The lowest BCUT2D eigenvalue weighted by molar-refractivity contribution is -0.132. The Hall–Kier alpha value is -1.93. The van der Waals surface area contributed by atoms with Gasteiger partial charge in [0.05, 0.1) is 15.9 Å². The molecule has 1 amide bonds. The Balaban J connectivity index is 1.83. The number of hydrogen-bond acceptors (Lipinski definition) is 4. The maximum atomic E-state index is 12.8. The van der Waals surface area contributed by atoms with Crippen LogP contribution >= 0.6 is 0 Å². The molecule has 1 aliphatic rings. The lowest BCUT2D eigenvalue weighted by atomic mass is 9.94. The molecule has 7 nitrogen and oxygen atoms in total. The Morgan fingerprint density at radius 2 is 1.87 bits per heavy atom. The molecule has 1 aromatic carbocycles. The minimum atomic E-state index is -3.52. The first-order chi connectivity index (χ1) is 14.8. The highest BCUT2D eigenvalue weighted by Gasteiger charge is 2.23. The number of fused-ring (bicyclic) bond motifs is 1. The number of carbonyl (C=O) groups excluding carboxylic acids is 1. The van der Waals surface area contributed by atoms with E-state index in [1.165, 1.54) is 37.7 Å². The Morgan fingerprint density at radius 3 is 2.52 bits per heavy atom. The third kappa shape index (κ3) is 5.29. The molecule has 3 rings (SSSR count). The molecule has 0 unspecified atom stereocenters. The number of rotatable bonds is 9. The van der Waals surface area contributed by atoms with Crippen molar-refractivity contribution in [2.75, 3.05) is 21.1 Å². The summed E-state index contributed by atoms with van der Waals surface area (Å²) in [6, 6.07) is 5.49. The van der Waals surface area contributed by atoms with E-state index in [9.17, 15) is 13.2 Å². The van der Waals surface area contributed by atoms with E-state index in [1.807, 2.05) is 18.0 Å². The zero-order valence-electron chi connectivity index (χ0n) is 19.3. The summed E-state index contributed by atoms with van der Waals surface area (Å²) in [5.74, 6) is 1.02. The molecular weight excluding hydrogens is 412 g/mol. The highest BCUT2D eigenvalue weighted by molar-refractivity contribution is 7.89. The SMILES string of the molecule is CCCCn1c(CCC(=O)N(C)C2CCCCC2)nc2cc(S(=O)(=O)N(C)C)ccc21. The lowest BCUT2D eigenvalue weighted by Crippen LogP contribution is -2.38. The number of imidazole rings is 1. The van der Waals surface area contributed by atoms with E-state index in [0.717, 1.165) is 43.6 Å². The van der Waals surface area contributed by atoms with Crippen molar-refractivity contribution in [3.05, 3.63) is 24.0 Å². The van der Waals surface area contributed by atoms with Gasteiger partial charge < -0.3 is 9.47 Å². The van der Waals surface area contributed by atoms with Crippen molar-refractivity contribution in [2.45, 2.75) is 82.2 Å². The number of carbonyl (C=O) groups is 1. The van der Waals surface area contributed by atoms with Crippen LogP contribution < -0.4 is 0 Å². The first-order valence-electron chi connectivity index (χ1n) is 11.4. The molecule has 1 saturated carbocycles. The topological polar surface area (TPSA) is 75.5 Å². The molecule has 1 aliphatic carbocycles. The Bertz CT molecular complexity index is 1010. The molecule has 1 aromatic heterocycles. The first kappa shape index (κ1) is 23.7. The van der Waals surface area contributed by atoms with Crippen LogP contribution in [0.1, 0.15) is 64.1 Å². The second kappa shape index (κ2) is 10.1. The predicted octanol–water partition coefficient (Wildman–Crippen LogP) is 3.81. The number of benzene rings is 1. The largest absolute Gasteiger partial charge is 0.343 e.